The summed E-state index contributed by atoms with van der Waals surface area (Å²) in [5.74, 6) is -0.285. The van der Waals surface area contributed by atoms with Crippen LogP contribution in [0.15, 0.2) is 47.5 Å². The summed E-state index contributed by atoms with van der Waals surface area (Å²) in [4.78, 5) is 15.8. The van der Waals surface area contributed by atoms with E-state index in [0.29, 0.717) is 5.82 Å². The summed E-state index contributed by atoms with van der Waals surface area (Å²) < 4.78 is 66.2. The Labute approximate surface area is 166 Å². The Balaban J connectivity index is 1.71. The number of rotatable bonds is 4. The molecule has 10 heteroatoms. The van der Waals surface area contributed by atoms with Crippen molar-refractivity contribution in [3.05, 3.63) is 53.7 Å². The fourth-order valence-corrected chi connectivity index (χ4v) is 4.94. The van der Waals surface area contributed by atoms with Crippen LogP contribution in [0.3, 0.4) is 0 Å². The highest BCUT2D eigenvalue weighted by atomic mass is 32.2. The second-order valence-corrected chi connectivity index (χ2v) is 8.74. The summed E-state index contributed by atoms with van der Waals surface area (Å²) in [6, 6.07) is 7.67. The van der Waals surface area contributed by atoms with E-state index in [-0.39, 0.29) is 31.8 Å². The first-order valence-electron chi connectivity index (χ1n) is 8.99. The molecule has 0 spiro atoms. The number of benzene rings is 1. The second kappa shape index (κ2) is 8.11. The van der Waals surface area contributed by atoms with E-state index in [9.17, 15) is 26.4 Å². The molecule has 0 aliphatic carbocycles. The molecule has 1 fully saturated rings. The molecule has 0 unspecified atom stereocenters. The first-order chi connectivity index (χ1) is 13.6. The Morgan fingerprint density at radius 1 is 1.14 bits per heavy atom. The largest absolute Gasteiger partial charge is 0.417 e. The van der Waals surface area contributed by atoms with Crippen molar-refractivity contribution in [1.29, 1.82) is 0 Å². The molecule has 1 aromatic heterocycles. The van der Waals surface area contributed by atoms with Gasteiger partial charge in [0.05, 0.1) is 10.5 Å². The number of alkyl halides is 3. The Bertz CT molecular complexity index is 1000. The van der Waals surface area contributed by atoms with Crippen molar-refractivity contribution in [1.82, 2.24) is 9.29 Å². The molecule has 29 heavy (non-hydrogen) atoms. The van der Waals surface area contributed by atoms with Crippen molar-refractivity contribution in [2.75, 3.05) is 18.4 Å². The van der Waals surface area contributed by atoms with E-state index in [2.05, 4.69) is 10.3 Å². The van der Waals surface area contributed by atoms with Crippen LogP contribution >= 0.6 is 0 Å². The number of hydrogen-bond acceptors (Lipinski definition) is 4. The van der Waals surface area contributed by atoms with Crippen LogP contribution in [0.1, 0.15) is 24.0 Å². The number of halogens is 3. The molecule has 1 saturated heterocycles. The Kier molecular flexibility index (Phi) is 5.95. The summed E-state index contributed by atoms with van der Waals surface area (Å²) in [6.45, 7) is 1.73. The third-order valence-electron chi connectivity index (χ3n) is 4.89. The van der Waals surface area contributed by atoms with Gasteiger partial charge in [0.15, 0.2) is 0 Å². The van der Waals surface area contributed by atoms with E-state index >= 15 is 0 Å². The molecule has 2 heterocycles. The first kappa shape index (κ1) is 21.3. The van der Waals surface area contributed by atoms with E-state index < -0.39 is 32.6 Å². The Hall–Kier alpha value is -2.46. The van der Waals surface area contributed by atoms with Gasteiger partial charge in [-0.05, 0) is 43.5 Å². The molecule has 6 nitrogen and oxygen atoms in total. The zero-order valence-corrected chi connectivity index (χ0v) is 16.4. The summed E-state index contributed by atoms with van der Waals surface area (Å²) in [6.07, 6.45) is -2.80. The molecule has 0 radical (unpaired) electrons. The molecule has 156 valence electrons. The van der Waals surface area contributed by atoms with Gasteiger partial charge >= 0.3 is 6.18 Å². The van der Waals surface area contributed by atoms with Crippen molar-refractivity contribution in [3.8, 4) is 0 Å². The average molecular weight is 427 g/mol. The number of nitrogens with one attached hydrogen (secondary N) is 1. The number of anilines is 1. The lowest BCUT2D eigenvalue weighted by molar-refractivity contribution is -0.139. The van der Waals surface area contributed by atoms with E-state index in [1.54, 1.807) is 25.3 Å². The number of pyridine rings is 1. The smallest absolute Gasteiger partial charge is 0.310 e. The number of piperidine rings is 1. The fraction of sp³-hybridized carbons (Fsp3) is 0.368. The summed E-state index contributed by atoms with van der Waals surface area (Å²) in [7, 11) is -4.32. The minimum Gasteiger partial charge on any atom is -0.310 e. The number of carbonyl (C=O) groups excluding carboxylic acids is 1. The van der Waals surface area contributed by atoms with Crippen molar-refractivity contribution >= 4 is 21.7 Å². The SMILES string of the molecule is Cc1cccnc1NC(=O)C1CCN(S(=O)(=O)c2ccccc2C(F)(F)F)CC1. The van der Waals surface area contributed by atoms with Gasteiger partial charge < -0.3 is 5.32 Å². The number of nitrogens with zero attached hydrogens (tertiary/aromatic N) is 2. The van der Waals surface area contributed by atoms with Gasteiger partial charge in [0.1, 0.15) is 5.82 Å². The van der Waals surface area contributed by atoms with Gasteiger partial charge in [-0.2, -0.15) is 17.5 Å². The molecule has 1 N–H and O–H groups in total. The highest BCUT2D eigenvalue weighted by Crippen LogP contribution is 2.36. The van der Waals surface area contributed by atoms with Crippen LogP contribution in [-0.4, -0.2) is 36.7 Å². The zero-order valence-electron chi connectivity index (χ0n) is 15.6. The standard InChI is InChI=1S/C19H20F3N3O3S/c1-13-5-4-10-23-17(13)24-18(26)14-8-11-25(12-9-14)29(27,28)16-7-3-2-6-15(16)19(20,21)22/h2-7,10,14H,8-9,11-12H2,1H3,(H,23,24,26). The summed E-state index contributed by atoms with van der Waals surface area (Å²) in [5.41, 5.74) is -0.393. The van der Waals surface area contributed by atoms with E-state index in [0.717, 1.165) is 28.1 Å². The number of sulfonamides is 1. The van der Waals surface area contributed by atoms with Gasteiger partial charge in [-0.3, -0.25) is 4.79 Å². The van der Waals surface area contributed by atoms with E-state index in [1.807, 2.05) is 0 Å². The lowest BCUT2D eigenvalue weighted by atomic mass is 9.97. The minimum atomic E-state index is -4.78. The maximum Gasteiger partial charge on any atom is 0.417 e. The maximum atomic E-state index is 13.2. The van der Waals surface area contributed by atoms with Crippen molar-refractivity contribution in [2.45, 2.75) is 30.8 Å². The highest BCUT2D eigenvalue weighted by molar-refractivity contribution is 7.89. The van der Waals surface area contributed by atoms with Gasteiger partial charge in [0, 0.05) is 25.2 Å². The molecule has 0 saturated carbocycles. The van der Waals surface area contributed by atoms with Crippen LogP contribution < -0.4 is 5.32 Å². The number of carbonyl (C=O) groups is 1. The van der Waals surface area contributed by atoms with Gasteiger partial charge in [-0.1, -0.05) is 18.2 Å². The van der Waals surface area contributed by atoms with E-state index in [4.69, 9.17) is 0 Å². The average Bonchev–Trinajstić information content (AvgIpc) is 2.69. The van der Waals surface area contributed by atoms with Crippen LogP contribution in [0, 0.1) is 12.8 Å². The molecule has 1 aliphatic rings. The molecule has 1 aliphatic heterocycles. The molecule has 1 aromatic carbocycles. The maximum absolute atomic E-state index is 13.2. The summed E-state index contributed by atoms with van der Waals surface area (Å²) >= 11 is 0. The third-order valence-corrected chi connectivity index (χ3v) is 6.84. The van der Waals surface area contributed by atoms with Crippen molar-refractivity contribution in [3.63, 3.8) is 0 Å². The Morgan fingerprint density at radius 3 is 2.41 bits per heavy atom. The van der Waals surface area contributed by atoms with Gasteiger partial charge in [0.25, 0.3) is 0 Å². The highest BCUT2D eigenvalue weighted by Gasteiger charge is 2.40. The topological polar surface area (TPSA) is 79.4 Å². The van der Waals surface area contributed by atoms with Gasteiger partial charge in [-0.25, -0.2) is 13.4 Å². The predicted molar refractivity (Wildman–Crippen MR) is 101 cm³/mol. The van der Waals surface area contributed by atoms with Crippen LogP contribution in [0.5, 0.6) is 0 Å². The minimum absolute atomic E-state index is 0.0339. The van der Waals surface area contributed by atoms with Crippen molar-refractivity contribution in [2.24, 2.45) is 5.92 Å². The number of aromatic nitrogens is 1. The van der Waals surface area contributed by atoms with Gasteiger partial charge in [-0.15, -0.1) is 0 Å². The molecule has 0 bridgehead atoms. The molecule has 3 rings (SSSR count). The zero-order chi connectivity index (χ0) is 21.2. The number of hydrogen-bond donors (Lipinski definition) is 1. The van der Waals surface area contributed by atoms with Crippen LogP contribution in [-0.2, 0) is 21.0 Å². The monoisotopic (exact) mass is 427 g/mol. The fourth-order valence-electron chi connectivity index (χ4n) is 3.26. The number of amides is 1. The third kappa shape index (κ3) is 4.59. The van der Waals surface area contributed by atoms with Crippen molar-refractivity contribution < 1.29 is 26.4 Å². The lowest BCUT2D eigenvalue weighted by Gasteiger charge is -2.31. The first-order valence-corrected chi connectivity index (χ1v) is 10.4. The van der Waals surface area contributed by atoms with E-state index in [1.165, 1.54) is 6.07 Å². The lowest BCUT2D eigenvalue weighted by Crippen LogP contribution is -2.42. The van der Waals surface area contributed by atoms with Crippen LogP contribution in [0.4, 0.5) is 19.0 Å². The van der Waals surface area contributed by atoms with Crippen LogP contribution in [0.25, 0.3) is 0 Å². The number of aryl methyl sites for hydroxylation is 1. The normalized spacial score (nSPS) is 16.6. The Morgan fingerprint density at radius 2 is 1.79 bits per heavy atom. The predicted octanol–water partition coefficient (Wildman–Crippen LogP) is 3.45. The quantitative estimate of drug-likeness (QED) is 0.811. The molecule has 2 aromatic rings. The molecular formula is C19H20F3N3O3S. The second-order valence-electron chi connectivity index (χ2n) is 6.83. The molecule has 1 amide bonds. The molecule has 0 atom stereocenters. The molecular weight excluding hydrogens is 407 g/mol. The van der Waals surface area contributed by atoms with Gasteiger partial charge in [0.2, 0.25) is 15.9 Å². The summed E-state index contributed by atoms with van der Waals surface area (Å²) in [5, 5.41) is 2.73. The van der Waals surface area contributed by atoms with Crippen LogP contribution in [0.2, 0.25) is 0 Å².